The minimum Gasteiger partial charge on any atom is -0.314 e. The van der Waals surface area contributed by atoms with E-state index in [1.165, 1.54) is 23.2 Å². The number of pyridine rings is 1. The maximum absolute atomic E-state index is 13.2. The second-order valence-electron chi connectivity index (χ2n) is 4.14. The number of halogens is 4. The Kier molecular flexibility index (Phi) is 4.09. The quantitative estimate of drug-likeness (QED) is 0.842. The number of alkyl halides is 3. The molecular formula is C11H13ClF3N3. The van der Waals surface area contributed by atoms with Crippen molar-refractivity contribution in [2.24, 2.45) is 0 Å². The molecule has 1 fully saturated rings. The molecule has 1 aliphatic rings. The SMILES string of the molecule is FC(F)(F)[C@H](c1ccc(Cl)nc1)N1CCNCC1. The van der Waals surface area contributed by atoms with E-state index >= 15 is 0 Å². The zero-order valence-corrected chi connectivity index (χ0v) is 10.3. The first-order valence-corrected chi connectivity index (χ1v) is 5.99. The molecular weight excluding hydrogens is 267 g/mol. The number of rotatable bonds is 2. The van der Waals surface area contributed by atoms with Crippen LogP contribution < -0.4 is 5.32 Å². The maximum Gasteiger partial charge on any atom is 0.408 e. The van der Waals surface area contributed by atoms with E-state index < -0.39 is 12.2 Å². The van der Waals surface area contributed by atoms with Gasteiger partial charge in [-0.2, -0.15) is 13.2 Å². The first kappa shape index (κ1) is 13.6. The van der Waals surface area contributed by atoms with Crippen LogP contribution in [0, 0.1) is 0 Å². The van der Waals surface area contributed by atoms with Crippen molar-refractivity contribution in [3.05, 3.63) is 29.0 Å². The molecule has 2 rings (SSSR count). The van der Waals surface area contributed by atoms with Crippen LogP contribution in [0.2, 0.25) is 5.15 Å². The molecule has 0 radical (unpaired) electrons. The van der Waals surface area contributed by atoms with E-state index in [0.29, 0.717) is 26.2 Å². The van der Waals surface area contributed by atoms with Crippen molar-refractivity contribution in [1.29, 1.82) is 0 Å². The van der Waals surface area contributed by atoms with Crippen molar-refractivity contribution in [1.82, 2.24) is 15.2 Å². The van der Waals surface area contributed by atoms with E-state index in [1.54, 1.807) is 0 Å². The summed E-state index contributed by atoms with van der Waals surface area (Å²) in [5.41, 5.74) is 0.133. The third kappa shape index (κ3) is 3.13. The molecule has 0 aliphatic carbocycles. The van der Waals surface area contributed by atoms with Crippen molar-refractivity contribution in [2.45, 2.75) is 12.2 Å². The highest BCUT2D eigenvalue weighted by atomic mass is 35.5. The standard InChI is InChI=1S/C11H13ClF3N3/c12-9-2-1-8(7-17-9)10(11(13,14)15)18-5-3-16-4-6-18/h1-2,7,10,16H,3-6H2/t10-/m0/s1. The summed E-state index contributed by atoms with van der Waals surface area (Å²) in [7, 11) is 0. The van der Waals surface area contributed by atoms with Crippen LogP contribution in [0.15, 0.2) is 18.3 Å². The average Bonchev–Trinajstić information content (AvgIpc) is 2.32. The van der Waals surface area contributed by atoms with Crippen molar-refractivity contribution < 1.29 is 13.2 Å². The Morgan fingerprint density at radius 2 is 1.94 bits per heavy atom. The Morgan fingerprint density at radius 1 is 1.28 bits per heavy atom. The largest absolute Gasteiger partial charge is 0.408 e. The second kappa shape index (κ2) is 5.42. The van der Waals surface area contributed by atoms with Crippen LogP contribution in [-0.2, 0) is 0 Å². The van der Waals surface area contributed by atoms with Crippen molar-refractivity contribution in [3.63, 3.8) is 0 Å². The van der Waals surface area contributed by atoms with Gasteiger partial charge in [-0.3, -0.25) is 4.90 Å². The number of piperazine rings is 1. The van der Waals surface area contributed by atoms with E-state index in [2.05, 4.69) is 10.3 Å². The molecule has 0 aromatic carbocycles. The van der Waals surface area contributed by atoms with E-state index in [-0.39, 0.29) is 10.7 Å². The molecule has 3 nitrogen and oxygen atoms in total. The molecule has 1 saturated heterocycles. The zero-order chi connectivity index (χ0) is 13.2. The summed E-state index contributed by atoms with van der Waals surface area (Å²) in [6, 6.07) is 1.16. The molecule has 100 valence electrons. The molecule has 0 bridgehead atoms. The highest BCUT2D eigenvalue weighted by molar-refractivity contribution is 6.29. The van der Waals surface area contributed by atoms with Gasteiger partial charge in [0.1, 0.15) is 11.2 Å². The lowest BCUT2D eigenvalue weighted by Crippen LogP contribution is -2.49. The van der Waals surface area contributed by atoms with Gasteiger partial charge in [0, 0.05) is 32.4 Å². The summed E-state index contributed by atoms with van der Waals surface area (Å²) in [4.78, 5) is 5.15. The predicted octanol–water partition coefficient (Wildman–Crippen LogP) is 2.24. The fraction of sp³-hybridized carbons (Fsp3) is 0.545. The molecule has 0 unspecified atom stereocenters. The monoisotopic (exact) mass is 279 g/mol. The molecule has 18 heavy (non-hydrogen) atoms. The van der Waals surface area contributed by atoms with E-state index in [4.69, 9.17) is 11.6 Å². The van der Waals surface area contributed by atoms with Crippen LogP contribution in [0.3, 0.4) is 0 Å². The lowest BCUT2D eigenvalue weighted by molar-refractivity contribution is -0.188. The van der Waals surface area contributed by atoms with Gasteiger partial charge in [0.2, 0.25) is 0 Å². The summed E-state index contributed by atoms with van der Waals surface area (Å²) in [5.74, 6) is 0. The Bertz CT molecular complexity index is 388. The summed E-state index contributed by atoms with van der Waals surface area (Å²) < 4.78 is 39.5. The van der Waals surface area contributed by atoms with Gasteiger partial charge < -0.3 is 5.32 Å². The van der Waals surface area contributed by atoms with E-state index in [1.807, 2.05) is 0 Å². The number of aromatic nitrogens is 1. The highest BCUT2D eigenvalue weighted by Crippen LogP contribution is 2.37. The predicted molar refractivity (Wildman–Crippen MR) is 62.5 cm³/mol. The minimum atomic E-state index is -4.31. The molecule has 1 aromatic rings. The molecule has 1 aromatic heterocycles. The van der Waals surface area contributed by atoms with Gasteiger partial charge in [-0.1, -0.05) is 17.7 Å². The molecule has 1 N–H and O–H groups in total. The summed E-state index contributed by atoms with van der Waals surface area (Å²) in [5, 5.41) is 3.23. The fourth-order valence-corrected chi connectivity index (χ4v) is 2.21. The van der Waals surface area contributed by atoms with Crippen molar-refractivity contribution >= 4 is 11.6 Å². The Morgan fingerprint density at radius 3 is 2.44 bits per heavy atom. The summed E-state index contributed by atoms with van der Waals surface area (Å²) >= 11 is 5.60. The maximum atomic E-state index is 13.2. The van der Waals surface area contributed by atoms with Crippen LogP contribution in [0.5, 0.6) is 0 Å². The Hall–Kier alpha value is -0.850. The Balaban J connectivity index is 2.27. The first-order chi connectivity index (χ1) is 8.48. The van der Waals surface area contributed by atoms with Gasteiger partial charge >= 0.3 is 6.18 Å². The highest BCUT2D eigenvalue weighted by Gasteiger charge is 2.44. The number of nitrogens with one attached hydrogen (secondary N) is 1. The van der Waals surface area contributed by atoms with Gasteiger partial charge in [-0.25, -0.2) is 4.98 Å². The van der Waals surface area contributed by atoms with Crippen LogP contribution in [0.1, 0.15) is 11.6 Å². The second-order valence-corrected chi connectivity index (χ2v) is 4.53. The topological polar surface area (TPSA) is 28.2 Å². The average molecular weight is 280 g/mol. The molecule has 0 amide bonds. The number of hydrogen-bond acceptors (Lipinski definition) is 3. The van der Waals surface area contributed by atoms with Crippen LogP contribution >= 0.6 is 11.6 Å². The van der Waals surface area contributed by atoms with Gasteiger partial charge in [-0.05, 0) is 11.6 Å². The molecule has 1 atom stereocenters. The molecule has 2 heterocycles. The van der Waals surface area contributed by atoms with Crippen LogP contribution in [-0.4, -0.2) is 42.2 Å². The third-order valence-electron chi connectivity index (χ3n) is 2.89. The van der Waals surface area contributed by atoms with Gasteiger partial charge in [-0.15, -0.1) is 0 Å². The molecule has 0 saturated carbocycles. The smallest absolute Gasteiger partial charge is 0.314 e. The number of nitrogens with zero attached hydrogens (tertiary/aromatic N) is 2. The fourth-order valence-electron chi connectivity index (χ4n) is 2.10. The first-order valence-electron chi connectivity index (χ1n) is 5.61. The normalized spacial score (nSPS) is 19.8. The van der Waals surface area contributed by atoms with Gasteiger partial charge in [0.15, 0.2) is 0 Å². The minimum absolute atomic E-state index is 0.133. The number of hydrogen-bond donors (Lipinski definition) is 1. The van der Waals surface area contributed by atoms with Crippen LogP contribution in [0.25, 0.3) is 0 Å². The zero-order valence-electron chi connectivity index (χ0n) is 9.54. The summed E-state index contributed by atoms with van der Waals surface area (Å²) in [6.07, 6.45) is -3.12. The molecule has 0 spiro atoms. The van der Waals surface area contributed by atoms with Gasteiger partial charge in [0.25, 0.3) is 0 Å². The molecule has 1 aliphatic heterocycles. The van der Waals surface area contributed by atoms with Crippen molar-refractivity contribution in [3.8, 4) is 0 Å². The lowest BCUT2D eigenvalue weighted by Gasteiger charge is -2.35. The lowest BCUT2D eigenvalue weighted by atomic mass is 10.1. The summed E-state index contributed by atoms with van der Waals surface area (Å²) in [6.45, 7) is 1.86. The van der Waals surface area contributed by atoms with Crippen molar-refractivity contribution in [2.75, 3.05) is 26.2 Å². The van der Waals surface area contributed by atoms with Gasteiger partial charge in [0.05, 0.1) is 0 Å². The molecule has 7 heteroatoms. The van der Waals surface area contributed by atoms with E-state index in [9.17, 15) is 13.2 Å². The Labute approximate surface area is 108 Å². The third-order valence-corrected chi connectivity index (χ3v) is 3.12. The van der Waals surface area contributed by atoms with E-state index in [0.717, 1.165) is 0 Å². The van der Waals surface area contributed by atoms with Crippen LogP contribution in [0.4, 0.5) is 13.2 Å².